The van der Waals surface area contributed by atoms with Crippen molar-refractivity contribution in [2.24, 2.45) is 7.05 Å². The van der Waals surface area contributed by atoms with E-state index in [-0.39, 0.29) is 76.8 Å². The number of aryl methyl sites for hydroxylation is 2. The molecule has 0 unspecified atom stereocenters. The molecule has 0 saturated carbocycles. The van der Waals surface area contributed by atoms with Gasteiger partial charge in [-0.15, -0.1) is 0 Å². The van der Waals surface area contributed by atoms with Crippen LogP contribution in [0.15, 0.2) is 53.9 Å². The molecule has 0 N–H and O–H groups in total. The van der Waals surface area contributed by atoms with Crippen LogP contribution in [0.25, 0.3) is 22.0 Å². The van der Waals surface area contributed by atoms with Gasteiger partial charge in [-0.1, -0.05) is 40.9 Å². The Bertz CT molecular complexity index is 2130. The van der Waals surface area contributed by atoms with Crippen LogP contribution in [-0.4, -0.2) is 55.1 Å². The van der Waals surface area contributed by atoms with Gasteiger partial charge in [0.15, 0.2) is 11.0 Å². The second-order valence-corrected chi connectivity index (χ2v) is 14.7. The molecule has 0 spiro atoms. The molecule has 0 aliphatic carbocycles. The van der Waals surface area contributed by atoms with Gasteiger partial charge in [-0.05, 0) is 44.9 Å². The van der Waals surface area contributed by atoms with Crippen molar-refractivity contribution in [3.63, 3.8) is 0 Å². The van der Waals surface area contributed by atoms with Gasteiger partial charge in [-0.25, -0.2) is 30.8 Å². The summed E-state index contributed by atoms with van der Waals surface area (Å²) in [6.07, 6.45) is 7.53. The summed E-state index contributed by atoms with van der Waals surface area (Å²) < 4.78 is 71.5. The van der Waals surface area contributed by atoms with Crippen molar-refractivity contribution in [3.05, 3.63) is 86.7 Å². The van der Waals surface area contributed by atoms with E-state index < -0.39 is 31.7 Å². The van der Waals surface area contributed by atoms with Gasteiger partial charge in [-0.2, -0.15) is 5.26 Å². The predicted octanol–water partition coefficient (Wildman–Crippen LogP) is 2.22. The number of anilines is 2. The molecule has 0 radical (unpaired) electrons. The van der Waals surface area contributed by atoms with Gasteiger partial charge in [0.1, 0.15) is 11.9 Å². The summed E-state index contributed by atoms with van der Waals surface area (Å²) >= 11 is 12.7. The molecule has 0 saturated heterocycles. The maximum absolute atomic E-state index is 11.3. The Morgan fingerprint density at radius 2 is 1.65 bits per heavy atom. The van der Waals surface area contributed by atoms with Crippen LogP contribution in [0.5, 0.6) is 0 Å². The first-order chi connectivity index (χ1) is 22.1. The second-order valence-electron chi connectivity index (χ2n) is 10.8. The Morgan fingerprint density at radius 1 is 1.02 bits per heavy atom. The summed E-state index contributed by atoms with van der Waals surface area (Å²) in [5, 5.41) is 10.1. The second kappa shape index (κ2) is 16.2. The third-order valence-corrected chi connectivity index (χ3v) is 9.81. The number of rotatable bonds is 12. The summed E-state index contributed by atoms with van der Waals surface area (Å²) in [5.41, 5.74) is 4.08. The van der Waals surface area contributed by atoms with Crippen LogP contribution >= 0.6 is 23.2 Å². The van der Waals surface area contributed by atoms with E-state index in [0.717, 1.165) is 11.3 Å². The Hall–Kier alpha value is -2.89. The first kappa shape index (κ1) is 39.5. The quantitative estimate of drug-likeness (QED) is 0.0893. The van der Waals surface area contributed by atoms with Crippen LogP contribution < -0.4 is 43.9 Å². The van der Waals surface area contributed by atoms with Crippen LogP contribution in [0.1, 0.15) is 38.1 Å². The van der Waals surface area contributed by atoms with Crippen molar-refractivity contribution in [2.75, 3.05) is 34.4 Å². The van der Waals surface area contributed by atoms with Crippen LogP contribution in [0.3, 0.4) is 0 Å². The molecule has 4 rings (SSSR count). The van der Waals surface area contributed by atoms with E-state index in [2.05, 4.69) is 10.9 Å². The summed E-state index contributed by atoms with van der Waals surface area (Å²) in [7, 11) is -7.03. The molecule has 1 aromatic heterocycles. The van der Waals surface area contributed by atoms with Crippen LogP contribution in [-0.2, 0) is 33.8 Å². The Morgan fingerprint density at radius 3 is 2.23 bits per heavy atom. The fraction of sp³-hybridized carbons (Fsp3) is 0.323. The van der Waals surface area contributed by atoms with E-state index in [9.17, 15) is 31.2 Å². The average Bonchev–Trinajstić information content (AvgIpc) is 3.41. The van der Waals surface area contributed by atoms with Gasteiger partial charge >= 0.3 is 29.6 Å². The molecular formula is C31H31Cl2N6NaO6S2. The number of aromatic nitrogens is 2. The molecule has 1 aliphatic rings. The summed E-state index contributed by atoms with van der Waals surface area (Å²) in [6.45, 7) is 12.2. The van der Waals surface area contributed by atoms with Crippen molar-refractivity contribution < 1.29 is 60.1 Å². The minimum Gasteiger partial charge on any atom is -0.748 e. The molecule has 0 amide bonds. The number of hydrogen-bond acceptors (Lipinski definition) is 9. The van der Waals surface area contributed by atoms with Gasteiger partial charge in [0.05, 0.1) is 62.4 Å². The number of allylic oxidation sites excluding steroid dienone is 4. The molecule has 0 atom stereocenters. The molecule has 3 aromatic rings. The molecule has 248 valence electrons. The van der Waals surface area contributed by atoms with Crippen LogP contribution in [0.2, 0.25) is 10.0 Å². The third-order valence-electron chi connectivity index (χ3n) is 7.62. The van der Waals surface area contributed by atoms with E-state index in [1.807, 2.05) is 64.1 Å². The molecule has 12 nitrogen and oxygen atoms in total. The topological polar surface area (TPSA) is 158 Å². The minimum atomic E-state index is -4.42. The van der Waals surface area contributed by atoms with Crippen LogP contribution in [0.4, 0.5) is 17.1 Å². The van der Waals surface area contributed by atoms with Gasteiger partial charge in [-0.3, -0.25) is 0 Å². The Kier molecular flexibility index (Phi) is 13.4. The van der Waals surface area contributed by atoms with Gasteiger partial charge < -0.3 is 18.9 Å². The molecule has 48 heavy (non-hydrogen) atoms. The van der Waals surface area contributed by atoms with Gasteiger partial charge in [0.25, 0.3) is 5.82 Å². The number of nitriles is 1. The van der Waals surface area contributed by atoms with E-state index in [4.69, 9.17) is 29.8 Å². The molecule has 1 aliphatic heterocycles. The van der Waals surface area contributed by atoms with E-state index in [1.54, 1.807) is 24.3 Å². The third kappa shape index (κ3) is 9.21. The van der Waals surface area contributed by atoms with Gasteiger partial charge in [0.2, 0.25) is 5.69 Å². The molecule has 2 aromatic carbocycles. The minimum absolute atomic E-state index is 0. The van der Waals surface area contributed by atoms with Crippen molar-refractivity contribution in [3.8, 4) is 6.07 Å². The smallest absolute Gasteiger partial charge is 0.748 e. The van der Waals surface area contributed by atoms with Crippen molar-refractivity contribution in [1.82, 2.24) is 4.57 Å². The van der Waals surface area contributed by atoms with E-state index in [1.165, 1.54) is 0 Å². The molecule has 17 heteroatoms. The first-order valence-corrected chi connectivity index (χ1v) is 18.3. The zero-order valence-corrected chi connectivity index (χ0v) is 31.9. The molecule has 2 heterocycles. The number of fused-ring (bicyclic) bond motifs is 2. The monoisotopic (exact) mass is 740 g/mol. The molecule has 0 fully saturated rings. The SMILES string of the molecule is [C-]#[N+]c1cc2c(cc1Cl)N(CC)\C(=C/C=C(C)/C=C/c1n(CCCS(=O)(=O)[O-])c3cc(C#N)c(Cl)cc3[n+]1C)N2CCCS(=O)(=O)[O-].[Na+]. The summed E-state index contributed by atoms with van der Waals surface area (Å²) in [5.74, 6) is 0.293. The van der Waals surface area contributed by atoms with E-state index >= 15 is 0 Å². The fourth-order valence-corrected chi connectivity index (χ4v) is 6.82. The maximum Gasteiger partial charge on any atom is 1.00 e. The van der Waals surface area contributed by atoms with Gasteiger partial charge in [0, 0.05) is 47.8 Å². The number of nitrogens with zero attached hydrogens (tertiary/aromatic N) is 6. The van der Waals surface area contributed by atoms with Crippen molar-refractivity contribution in [1.29, 1.82) is 5.26 Å². The number of halogens is 2. The van der Waals surface area contributed by atoms with E-state index in [0.29, 0.717) is 34.9 Å². The maximum atomic E-state index is 11.3. The largest absolute Gasteiger partial charge is 1.00 e. The normalized spacial score (nSPS) is 14.4. The molecular weight excluding hydrogens is 710 g/mol. The zero-order chi connectivity index (χ0) is 34.7. The standard InChI is InChI=1S/C31H32Cl2N6O6S2.Na/c1-5-37-28-18-24(33)25(35-3)19-29(28)39(13-7-15-47(43,44)45)31(37)11-9-21(2)8-10-30-36(4)26-17-23(32)22(20-34)16-27(26)38(30)12-6-14-46(40,41)42;/h8-11,16-19H,5-7,12-15H2,1-2,4H3,(H-,40,41,42,43,44,45);/q;+1/p-1. The average molecular weight is 742 g/mol. The Labute approximate surface area is 312 Å². The number of imidazole rings is 1. The number of benzene rings is 2. The summed E-state index contributed by atoms with van der Waals surface area (Å²) in [4.78, 5) is 7.33. The summed E-state index contributed by atoms with van der Waals surface area (Å²) in [6, 6.07) is 8.70. The fourth-order valence-electron chi connectivity index (χ4n) is 5.45. The predicted molar refractivity (Wildman–Crippen MR) is 180 cm³/mol. The first-order valence-electron chi connectivity index (χ1n) is 14.4. The van der Waals surface area contributed by atoms with Crippen molar-refractivity contribution in [2.45, 2.75) is 33.2 Å². The Balaban J connectivity index is 0.00000625. The number of hydrogen-bond donors (Lipinski definition) is 0. The van der Waals surface area contributed by atoms with Crippen LogP contribution in [0, 0.1) is 17.9 Å². The van der Waals surface area contributed by atoms with Crippen molar-refractivity contribution >= 4 is 77.6 Å². The zero-order valence-electron chi connectivity index (χ0n) is 26.8. The molecule has 0 bridgehead atoms.